The minimum absolute atomic E-state index is 0.0671. The number of carbonyl (C=O) groups is 1. The highest BCUT2D eigenvalue weighted by molar-refractivity contribution is 7.89. The Morgan fingerprint density at radius 3 is 2.58 bits per heavy atom. The Balaban J connectivity index is 1.68. The third kappa shape index (κ3) is 2.86. The summed E-state index contributed by atoms with van der Waals surface area (Å²) in [5, 5.41) is 9.36. The van der Waals surface area contributed by atoms with Gasteiger partial charge >= 0.3 is 5.97 Å². The number of nitrogens with one attached hydrogen (secondary N) is 1. The van der Waals surface area contributed by atoms with Crippen LogP contribution in [0.4, 0.5) is 0 Å². The van der Waals surface area contributed by atoms with Crippen LogP contribution in [0.2, 0.25) is 0 Å². The van der Waals surface area contributed by atoms with Gasteiger partial charge in [-0.15, -0.1) is 0 Å². The van der Waals surface area contributed by atoms with Crippen LogP contribution in [0.5, 0.6) is 5.75 Å². The number of hydrogen-bond donors (Lipinski definition) is 2. The number of benzene rings is 2. The minimum atomic E-state index is -3.71. The molecule has 8 heteroatoms. The molecule has 0 spiro atoms. The lowest BCUT2D eigenvalue weighted by Gasteiger charge is -2.31. The van der Waals surface area contributed by atoms with Gasteiger partial charge in [0, 0.05) is 11.5 Å². The molecule has 0 saturated carbocycles. The largest absolute Gasteiger partial charge is 0.490 e. The molecule has 2 N–H and O–H groups in total. The predicted molar refractivity (Wildman–Crippen MR) is 91.9 cm³/mol. The molecule has 2 aliphatic rings. The molecule has 2 aliphatic heterocycles. The summed E-state index contributed by atoms with van der Waals surface area (Å²) in [6.45, 7) is 0.382. The molecular formula is C18H17NO6S. The quantitative estimate of drug-likeness (QED) is 0.842. The highest BCUT2D eigenvalue weighted by Gasteiger charge is 2.45. The fourth-order valence-electron chi connectivity index (χ4n) is 3.55. The molecule has 1 saturated heterocycles. The first-order valence-corrected chi connectivity index (χ1v) is 9.63. The van der Waals surface area contributed by atoms with Gasteiger partial charge in [-0.05, 0) is 18.2 Å². The van der Waals surface area contributed by atoms with E-state index >= 15 is 0 Å². The molecule has 3 atom stereocenters. The van der Waals surface area contributed by atoms with E-state index in [-0.39, 0.29) is 41.4 Å². The number of aromatic carboxylic acids is 1. The molecule has 0 bridgehead atoms. The Labute approximate surface area is 150 Å². The van der Waals surface area contributed by atoms with Crippen molar-refractivity contribution in [2.45, 2.75) is 23.0 Å². The summed E-state index contributed by atoms with van der Waals surface area (Å²) >= 11 is 0. The van der Waals surface area contributed by atoms with Crippen molar-refractivity contribution in [3.05, 3.63) is 59.7 Å². The number of sulfonamides is 1. The number of fused-ring (bicyclic) bond motifs is 3. The van der Waals surface area contributed by atoms with E-state index < -0.39 is 22.0 Å². The predicted octanol–water partition coefficient (Wildman–Crippen LogP) is 1.61. The van der Waals surface area contributed by atoms with Crippen LogP contribution in [-0.2, 0) is 14.8 Å². The Kier molecular flexibility index (Phi) is 4.18. The van der Waals surface area contributed by atoms with E-state index in [1.54, 1.807) is 30.3 Å². The van der Waals surface area contributed by atoms with Crippen LogP contribution in [-0.4, -0.2) is 44.9 Å². The summed E-state index contributed by atoms with van der Waals surface area (Å²) in [4.78, 5) is 11.6. The molecule has 0 amide bonds. The van der Waals surface area contributed by atoms with E-state index in [9.17, 15) is 18.3 Å². The summed E-state index contributed by atoms with van der Waals surface area (Å²) in [5.74, 6) is -1.10. The van der Waals surface area contributed by atoms with Crippen molar-refractivity contribution >= 4 is 16.0 Å². The molecule has 2 aromatic rings. The summed E-state index contributed by atoms with van der Waals surface area (Å²) in [7, 11) is -3.71. The Bertz CT molecular complexity index is 943. The van der Waals surface area contributed by atoms with Gasteiger partial charge < -0.3 is 14.6 Å². The molecule has 0 aromatic heterocycles. The maximum Gasteiger partial charge on any atom is 0.339 e. The van der Waals surface area contributed by atoms with E-state index in [0.29, 0.717) is 5.56 Å². The Morgan fingerprint density at radius 2 is 1.85 bits per heavy atom. The number of carboxylic acid groups (broad SMARTS) is 1. The first-order valence-electron chi connectivity index (χ1n) is 8.15. The standard InChI is InChI=1S/C18H17NO6S/c20-18(21)13-8-4-7-12-16-14(9-24-15(16)10-25-17(12)13)19-26(22,23)11-5-2-1-3-6-11/h1-8,14-16,19H,9-10H2,(H,20,21). The number of hydrogen-bond acceptors (Lipinski definition) is 5. The zero-order chi connectivity index (χ0) is 18.3. The van der Waals surface area contributed by atoms with E-state index in [0.717, 1.165) is 0 Å². The molecule has 0 radical (unpaired) electrons. The first-order chi connectivity index (χ1) is 12.5. The summed E-state index contributed by atoms with van der Waals surface area (Å²) in [6.07, 6.45) is -0.324. The third-order valence-corrected chi connectivity index (χ3v) is 6.22. The zero-order valence-electron chi connectivity index (χ0n) is 13.7. The van der Waals surface area contributed by atoms with Gasteiger partial charge in [-0.2, -0.15) is 0 Å². The summed E-state index contributed by atoms with van der Waals surface area (Å²) in [6, 6.07) is 12.5. The van der Waals surface area contributed by atoms with Gasteiger partial charge in [0.25, 0.3) is 0 Å². The smallest absolute Gasteiger partial charge is 0.339 e. The van der Waals surface area contributed by atoms with E-state index in [1.807, 2.05) is 0 Å². The lowest BCUT2D eigenvalue weighted by atomic mass is 9.86. The van der Waals surface area contributed by atoms with Gasteiger partial charge in [0.05, 0.1) is 17.5 Å². The second kappa shape index (κ2) is 6.39. The monoisotopic (exact) mass is 375 g/mol. The van der Waals surface area contributed by atoms with Crippen molar-refractivity contribution in [1.82, 2.24) is 4.72 Å². The minimum Gasteiger partial charge on any atom is -0.490 e. The highest BCUT2D eigenvalue weighted by atomic mass is 32.2. The molecule has 3 unspecified atom stereocenters. The van der Waals surface area contributed by atoms with E-state index in [2.05, 4.69) is 4.72 Å². The number of ether oxygens (including phenoxy) is 2. The molecule has 0 aliphatic carbocycles. The van der Waals surface area contributed by atoms with Gasteiger partial charge in [0.2, 0.25) is 10.0 Å². The van der Waals surface area contributed by atoms with Gasteiger partial charge in [-0.25, -0.2) is 17.9 Å². The molecule has 4 rings (SSSR count). The second-order valence-electron chi connectivity index (χ2n) is 6.28. The molecule has 136 valence electrons. The maximum atomic E-state index is 12.7. The first kappa shape index (κ1) is 17.0. The molecule has 1 fully saturated rings. The molecule has 2 heterocycles. The van der Waals surface area contributed by atoms with Gasteiger partial charge in [0.1, 0.15) is 24.0 Å². The van der Waals surface area contributed by atoms with Crippen LogP contribution in [0, 0.1) is 0 Å². The Morgan fingerprint density at radius 1 is 1.08 bits per heavy atom. The number of para-hydroxylation sites is 1. The fraction of sp³-hybridized carbons (Fsp3) is 0.278. The molecule has 2 aromatic carbocycles. The van der Waals surface area contributed by atoms with Crippen LogP contribution >= 0.6 is 0 Å². The third-order valence-electron chi connectivity index (χ3n) is 4.71. The summed E-state index contributed by atoms with van der Waals surface area (Å²) < 4.78 is 39.3. The van der Waals surface area contributed by atoms with Crippen LogP contribution in [0.25, 0.3) is 0 Å². The lowest BCUT2D eigenvalue weighted by molar-refractivity contribution is 0.0481. The molecule has 7 nitrogen and oxygen atoms in total. The second-order valence-corrected chi connectivity index (χ2v) is 7.99. The number of carboxylic acids is 1. The molecule has 26 heavy (non-hydrogen) atoms. The number of rotatable bonds is 4. The van der Waals surface area contributed by atoms with Crippen molar-refractivity contribution < 1.29 is 27.8 Å². The average Bonchev–Trinajstić information content (AvgIpc) is 3.04. The van der Waals surface area contributed by atoms with Gasteiger partial charge in [-0.3, -0.25) is 0 Å². The van der Waals surface area contributed by atoms with Crippen LogP contribution < -0.4 is 9.46 Å². The molecular weight excluding hydrogens is 358 g/mol. The van der Waals surface area contributed by atoms with Crippen molar-refractivity contribution in [3.8, 4) is 5.75 Å². The van der Waals surface area contributed by atoms with Gasteiger partial charge in [0.15, 0.2) is 0 Å². The van der Waals surface area contributed by atoms with Crippen molar-refractivity contribution in [1.29, 1.82) is 0 Å². The zero-order valence-corrected chi connectivity index (χ0v) is 14.5. The average molecular weight is 375 g/mol. The topological polar surface area (TPSA) is 102 Å². The lowest BCUT2D eigenvalue weighted by Crippen LogP contribution is -2.42. The van der Waals surface area contributed by atoms with E-state index in [1.165, 1.54) is 18.2 Å². The van der Waals surface area contributed by atoms with Crippen molar-refractivity contribution in [2.24, 2.45) is 0 Å². The normalized spacial score (nSPS) is 24.4. The van der Waals surface area contributed by atoms with Crippen molar-refractivity contribution in [2.75, 3.05) is 13.2 Å². The van der Waals surface area contributed by atoms with Crippen molar-refractivity contribution in [3.63, 3.8) is 0 Å². The van der Waals surface area contributed by atoms with Gasteiger partial charge in [-0.1, -0.05) is 30.3 Å². The SMILES string of the molecule is O=C(O)c1cccc2c1OCC1OCC(NS(=O)(=O)c3ccccc3)C21. The highest BCUT2D eigenvalue weighted by Crippen LogP contribution is 2.42. The Hall–Kier alpha value is -2.42. The van der Waals surface area contributed by atoms with Crippen LogP contribution in [0.1, 0.15) is 21.8 Å². The summed E-state index contributed by atoms with van der Waals surface area (Å²) in [5.41, 5.74) is 0.719. The fourth-order valence-corrected chi connectivity index (χ4v) is 4.81. The van der Waals surface area contributed by atoms with Crippen LogP contribution in [0.3, 0.4) is 0 Å². The maximum absolute atomic E-state index is 12.7. The van der Waals surface area contributed by atoms with Crippen LogP contribution in [0.15, 0.2) is 53.4 Å². The van der Waals surface area contributed by atoms with E-state index in [4.69, 9.17) is 9.47 Å².